The summed E-state index contributed by atoms with van der Waals surface area (Å²) in [5, 5.41) is 10.8. The zero-order chi connectivity index (χ0) is 17.9. The Morgan fingerprint density at radius 2 is 1.75 bits per heavy atom. The lowest BCUT2D eigenvalue weighted by atomic mass is 10.1. The van der Waals surface area contributed by atoms with Crippen LogP contribution in [0, 0.1) is 21.7 Å². The van der Waals surface area contributed by atoms with Crippen LogP contribution < -0.4 is 0 Å². The first-order valence-corrected chi connectivity index (χ1v) is 7.18. The molecule has 0 aliphatic heterocycles. The summed E-state index contributed by atoms with van der Waals surface area (Å²) < 4.78 is 30.8. The van der Waals surface area contributed by atoms with Crippen LogP contribution in [-0.4, -0.2) is 23.3 Å². The maximum Gasteiger partial charge on any atom is 0.338 e. The van der Waals surface area contributed by atoms with Crippen LogP contribution in [0.5, 0.6) is 0 Å². The number of carbonyl (C=O) groups is 2. The quantitative estimate of drug-likeness (QED) is 0.331. The predicted molar refractivity (Wildman–Crippen MR) is 81.8 cm³/mol. The van der Waals surface area contributed by atoms with Gasteiger partial charge in [-0.25, -0.2) is 13.6 Å². The Morgan fingerprint density at radius 3 is 2.38 bits per heavy atom. The third kappa shape index (κ3) is 3.99. The Balaban J connectivity index is 2.07. The van der Waals surface area contributed by atoms with Gasteiger partial charge in [-0.05, 0) is 46.3 Å². The summed E-state index contributed by atoms with van der Waals surface area (Å²) in [6, 6.07) is 6.10. The Morgan fingerprint density at radius 1 is 1.08 bits per heavy atom. The molecule has 0 spiro atoms. The molecule has 0 radical (unpaired) electrons. The number of ketones is 1. The summed E-state index contributed by atoms with van der Waals surface area (Å²) in [5.74, 6) is -4.00. The van der Waals surface area contributed by atoms with Gasteiger partial charge in [0.15, 0.2) is 24.0 Å². The minimum atomic E-state index is -1.20. The van der Waals surface area contributed by atoms with Gasteiger partial charge in [-0.1, -0.05) is 0 Å². The number of hydrogen-bond acceptors (Lipinski definition) is 5. The van der Waals surface area contributed by atoms with E-state index in [1.807, 2.05) is 0 Å². The molecule has 124 valence electrons. The van der Waals surface area contributed by atoms with Crippen LogP contribution in [0.15, 0.2) is 40.9 Å². The summed E-state index contributed by atoms with van der Waals surface area (Å²) in [4.78, 5) is 33.8. The molecule has 6 nitrogen and oxygen atoms in total. The van der Waals surface area contributed by atoms with Crippen molar-refractivity contribution in [1.82, 2.24) is 0 Å². The molecule has 0 aromatic heterocycles. The molecule has 0 amide bonds. The molecule has 2 rings (SSSR count). The molecule has 0 aliphatic carbocycles. The van der Waals surface area contributed by atoms with Gasteiger partial charge in [-0.2, -0.15) is 0 Å². The van der Waals surface area contributed by atoms with E-state index in [0.717, 1.165) is 18.2 Å². The van der Waals surface area contributed by atoms with Crippen LogP contribution in [0.1, 0.15) is 20.7 Å². The van der Waals surface area contributed by atoms with Crippen molar-refractivity contribution in [3.05, 3.63) is 73.7 Å². The van der Waals surface area contributed by atoms with E-state index in [0.29, 0.717) is 6.07 Å². The fourth-order valence-electron chi connectivity index (χ4n) is 1.75. The Hall–Kier alpha value is -2.68. The molecule has 2 aromatic rings. The number of nitrogens with zero attached hydrogens (tertiary/aromatic N) is 1. The molecule has 24 heavy (non-hydrogen) atoms. The Bertz CT molecular complexity index is 841. The van der Waals surface area contributed by atoms with Gasteiger partial charge in [0.25, 0.3) is 5.69 Å². The molecular weight excluding hydrogens is 392 g/mol. The summed E-state index contributed by atoms with van der Waals surface area (Å²) in [5.41, 5.74) is -0.622. The van der Waals surface area contributed by atoms with Crippen molar-refractivity contribution in [2.24, 2.45) is 0 Å². The van der Waals surface area contributed by atoms with E-state index in [-0.39, 0.29) is 21.3 Å². The SMILES string of the molecule is O=C(COC(=O)c1ccc(Br)c([N+](=O)[O-])c1)c1ccc(F)c(F)c1. The van der Waals surface area contributed by atoms with Gasteiger partial charge >= 0.3 is 5.97 Å². The second-order valence-electron chi connectivity index (χ2n) is 4.55. The standard InChI is InChI=1S/C15H8BrF2NO5/c16-10-3-1-9(6-13(10)19(22)23)15(21)24-7-14(20)8-2-4-11(17)12(18)5-8/h1-6H,7H2. The molecule has 2 aromatic carbocycles. The molecular formula is C15H8BrF2NO5. The molecule has 0 fully saturated rings. The lowest BCUT2D eigenvalue weighted by Crippen LogP contribution is -2.14. The lowest BCUT2D eigenvalue weighted by Gasteiger charge is -2.05. The van der Waals surface area contributed by atoms with Gasteiger partial charge in [0.05, 0.1) is 15.0 Å². The fraction of sp³-hybridized carbons (Fsp3) is 0.0667. The first-order valence-electron chi connectivity index (χ1n) is 6.39. The maximum atomic E-state index is 13.1. The molecule has 0 saturated heterocycles. The van der Waals surface area contributed by atoms with Crippen LogP contribution in [0.25, 0.3) is 0 Å². The summed E-state index contributed by atoms with van der Waals surface area (Å²) in [7, 11) is 0. The number of Topliss-reactive ketones (excluding diaryl/α,β-unsaturated/α-hetero) is 1. The van der Waals surface area contributed by atoms with Gasteiger partial charge in [0.1, 0.15) is 0 Å². The maximum absolute atomic E-state index is 13.1. The number of benzene rings is 2. The Kier molecular flexibility index (Phi) is 5.35. The monoisotopic (exact) mass is 399 g/mol. The molecule has 9 heteroatoms. The van der Waals surface area contributed by atoms with Crippen molar-refractivity contribution in [2.45, 2.75) is 0 Å². The van der Waals surface area contributed by atoms with E-state index in [1.165, 1.54) is 12.1 Å². The van der Waals surface area contributed by atoms with E-state index < -0.39 is 34.9 Å². The predicted octanol–water partition coefficient (Wildman–Crippen LogP) is 3.68. The number of nitro benzene ring substituents is 1. The van der Waals surface area contributed by atoms with Gasteiger partial charge in [-0.3, -0.25) is 14.9 Å². The van der Waals surface area contributed by atoms with Crippen LogP contribution in [0.3, 0.4) is 0 Å². The van der Waals surface area contributed by atoms with Crippen molar-refractivity contribution >= 4 is 33.4 Å². The molecule has 0 bridgehead atoms. The zero-order valence-corrected chi connectivity index (χ0v) is 13.4. The number of nitro groups is 1. The van der Waals surface area contributed by atoms with Crippen molar-refractivity contribution in [3.63, 3.8) is 0 Å². The highest BCUT2D eigenvalue weighted by Gasteiger charge is 2.18. The smallest absolute Gasteiger partial charge is 0.338 e. The van der Waals surface area contributed by atoms with E-state index in [9.17, 15) is 28.5 Å². The third-order valence-electron chi connectivity index (χ3n) is 2.95. The second-order valence-corrected chi connectivity index (χ2v) is 5.41. The molecule has 0 aliphatic rings. The average Bonchev–Trinajstić information content (AvgIpc) is 2.55. The first kappa shape index (κ1) is 17.7. The average molecular weight is 400 g/mol. The lowest BCUT2D eigenvalue weighted by molar-refractivity contribution is -0.385. The Labute approximate surface area is 142 Å². The van der Waals surface area contributed by atoms with Gasteiger partial charge < -0.3 is 4.74 Å². The van der Waals surface area contributed by atoms with E-state index in [4.69, 9.17) is 4.74 Å². The van der Waals surface area contributed by atoms with Crippen molar-refractivity contribution in [1.29, 1.82) is 0 Å². The number of esters is 1. The number of carbonyl (C=O) groups excluding carboxylic acids is 2. The second kappa shape index (κ2) is 7.26. The highest BCUT2D eigenvalue weighted by molar-refractivity contribution is 9.10. The van der Waals surface area contributed by atoms with Crippen LogP contribution in [0.4, 0.5) is 14.5 Å². The number of ether oxygens (including phenoxy) is 1. The number of rotatable bonds is 5. The zero-order valence-electron chi connectivity index (χ0n) is 11.8. The summed E-state index contributed by atoms with van der Waals surface area (Å²) >= 11 is 2.97. The molecule has 0 N–H and O–H groups in total. The van der Waals surface area contributed by atoms with Crippen molar-refractivity contribution in [2.75, 3.05) is 6.61 Å². The van der Waals surface area contributed by atoms with Gasteiger partial charge in [-0.15, -0.1) is 0 Å². The number of hydrogen-bond donors (Lipinski definition) is 0. The van der Waals surface area contributed by atoms with Crippen molar-refractivity contribution < 1.29 is 28.0 Å². The summed E-state index contributed by atoms with van der Waals surface area (Å²) in [6.07, 6.45) is 0. The van der Waals surface area contributed by atoms with E-state index in [2.05, 4.69) is 15.9 Å². The fourth-order valence-corrected chi connectivity index (χ4v) is 2.14. The number of halogens is 3. The summed E-state index contributed by atoms with van der Waals surface area (Å²) in [6.45, 7) is -0.715. The largest absolute Gasteiger partial charge is 0.454 e. The van der Waals surface area contributed by atoms with Crippen LogP contribution in [0.2, 0.25) is 0 Å². The minimum absolute atomic E-state index is 0.122. The first-order chi connectivity index (χ1) is 11.3. The van der Waals surface area contributed by atoms with E-state index >= 15 is 0 Å². The third-order valence-corrected chi connectivity index (χ3v) is 3.63. The normalized spacial score (nSPS) is 10.3. The highest BCUT2D eigenvalue weighted by Crippen LogP contribution is 2.25. The van der Waals surface area contributed by atoms with Crippen molar-refractivity contribution in [3.8, 4) is 0 Å². The molecule has 0 atom stereocenters. The topological polar surface area (TPSA) is 86.5 Å². The van der Waals surface area contributed by atoms with Gasteiger partial charge in [0, 0.05) is 11.6 Å². The van der Waals surface area contributed by atoms with E-state index in [1.54, 1.807) is 0 Å². The molecule has 0 unspecified atom stereocenters. The van der Waals surface area contributed by atoms with Crippen LogP contribution in [-0.2, 0) is 4.74 Å². The van der Waals surface area contributed by atoms with Gasteiger partial charge in [0.2, 0.25) is 0 Å². The minimum Gasteiger partial charge on any atom is -0.454 e. The molecule has 0 heterocycles. The van der Waals surface area contributed by atoms with Crippen LogP contribution >= 0.6 is 15.9 Å². The molecule has 0 saturated carbocycles. The highest BCUT2D eigenvalue weighted by atomic mass is 79.9.